The number of hydrogen-bond donors (Lipinski definition) is 0. The Morgan fingerprint density at radius 2 is 1.93 bits per heavy atom. The molecule has 0 unspecified atom stereocenters. The van der Waals surface area contributed by atoms with Crippen LogP contribution in [0, 0.1) is 6.42 Å². The molecule has 0 N–H and O–H groups in total. The van der Waals surface area contributed by atoms with E-state index in [0.717, 1.165) is 0 Å². The molecule has 0 fully saturated rings. The third-order valence-electron chi connectivity index (χ3n) is 4.01. The summed E-state index contributed by atoms with van der Waals surface area (Å²) >= 11 is 0. The summed E-state index contributed by atoms with van der Waals surface area (Å²) in [5, 5.41) is 3.40. The van der Waals surface area contributed by atoms with Gasteiger partial charge < -0.3 is 0 Å². The number of hydrogen-bond acceptors (Lipinski definition) is 0. The average molecular weight is 213 g/mol. The van der Waals surface area contributed by atoms with E-state index in [9.17, 15) is 0 Å². The Bertz CT molecular complexity index is 492. The predicted octanol–water partition coefficient (Wildman–Crippen LogP) is 3.06. The second-order valence-electron chi connectivity index (χ2n) is 5.24. The van der Waals surface area contributed by atoms with Crippen LogP contribution in [0.1, 0.15) is 30.5 Å². The van der Waals surface area contributed by atoms with Gasteiger partial charge >= 0.3 is 0 Å². The highest BCUT2D eigenvalue weighted by Crippen LogP contribution is 2.46. The van der Waals surface area contributed by atoms with Gasteiger partial charge in [0.25, 0.3) is 0 Å². The maximum Gasteiger partial charge on any atom is 0.113 e. The monoisotopic (exact) mass is 213 g/mol. The molecule has 0 amide bonds. The first kappa shape index (κ1) is 9.41. The van der Waals surface area contributed by atoms with Crippen LogP contribution in [0.3, 0.4) is 0 Å². The number of fused-ring (bicyclic) bond motifs is 1. The van der Waals surface area contributed by atoms with Crippen LogP contribution in [-0.2, 0) is 6.42 Å². The molecule has 15 heavy (non-hydrogen) atoms. The Hall–Kier alpha value is -0.823. The summed E-state index contributed by atoms with van der Waals surface area (Å²) in [6.45, 7) is 9.57. The molecular weight excluding hydrogens is 196 g/mol. The normalized spacial score (nSPS) is 20.3. The molecule has 0 atom stereocenters. The zero-order valence-corrected chi connectivity index (χ0v) is 10.9. The molecule has 1 aliphatic heterocycles. The van der Waals surface area contributed by atoms with Crippen molar-refractivity contribution in [1.29, 1.82) is 0 Å². The second-order valence-corrected chi connectivity index (χ2v) is 9.53. The van der Waals surface area contributed by atoms with E-state index in [1.807, 2.05) is 0 Å². The zero-order valence-electron chi connectivity index (χ0n) is 9.94. The Morgan fingerprint density at radius 1 is 1.20 bits per heavy atom. The number of allylic oxidation sites excluding steroid dienone is 1. The van der Waals surface area contributed by atoms with Crippen molar-refractivity contribution in [3.63, 3.8) is 0 Å². The van der Waals surface area contributed by atoms with Crippen molar-refractivity contribution in [2.24, 2.45) is 0 Å². The first-order valence-corrected chi connectivity index (χ1v) is 8.80. The summed E-state index contributed by atoms with van der Waals surface area (Å²) in [6, 6.07) is 4.71. The van der Waals surface area contributed by atoms with Crippen molar-refractivity contribution in [2.45, 2.75) is 33.4 Å². The van der Waals surface area contributed by atoms with E-state index >= 15 is 0 Å². The van der Waals surface area contributed by atoms with E-state index in [4.69, 9.17) is 0 Å². The largest absolute Gasteiger partial charge is 0.113 e. The van der Waals surface area contributed by atoms with Crippen LogP contribution in [0.25, 0.3) is 5.20 Å². The van der Waals surface area contributed by atoms with Crippen molar-refractivity contribution >= 4 is 18.5 Å². The molecule has 1 radical (unpaired) electrons. The van der Waals surface area contributed by atoms with Crippen LogP contribution in [0.5, 0.6) is 0 Å². The highest BCUT2D eigenvalue weighted by atomic mass is 28.3. The Balaban J connectivity index is 2.43. The topological polar surface area (TPSA) is 0 Å². The van der Waals surface area contributed by atoms with E-state index in [1.165, 1.54) is 17.6 Å². The van der Waals surface area contributed by atoms with Crippen LogP contribution >= 0.6 is 0 Å². The smallest absolute Gasteiger partial charge is 0.0646 e. The minimum Gasteiger partial charge on any atom is -0.0646 e. The summed E-state index contributed by atoms with van der Waals surface area (Å²) in [6.07, 6.45) is 3.57. The fourth-order valence-electron chi connectivity index (χ4n) is 3.48. The van der Waals surface area contributed by atoms with Gasteiger partial charge in [-0.3, -0.25) is 0 Å². The average Bonchev–Trinajstić information content (AvgIpc) is 2.58. The van der Waals surface area contributed by atoms with Crippen LogP contribution < -0.4 is 5.19 Å². The molecule has 1 aliphatic carbocycles. The van der Waals surface area contributed by atoms with Gasteiger partial charge in [0.2, 0.25) is 0 Å². The lowest BCUT2D eigenvalue weighted by Crippen LogP contribution is -2.40. The van der Waals surface area contributed by atoms with E-state index in [-0.39, 0.29) is 0 Å². The maximum absolute atomic E-state index is 2.50. The maximum atomic E-state index is 2.50. The van der Waals surface area contributed by atoms with E-state index in [2.05, 4.69) is 45.5 Å². The van der Waals surface area contributed by atoms with Crippen LogP contribution in [-0.4, -0.2) is 8.07 Å². The van der Waals surface area contributed by atoms with Gasteiger partial charge in [-0.2, -0.15) is 0 Å². The standard InChI is InChI=1S/C14H17Si/c1-5-11-12-7-6-10-8-9(2)14(13(10)11)15(12,3)4/h6-8H,5H2,1-4H3. The van der Waals surface area contributed by atoms with Gasteiger partial charge in [-0.05, 0) is 35.2 Å². The lowest BCUT2D eigenvalue weighted by Gasteiger charge is -2.20. The molecule has 0 spiro atoms. The summed E-state index contributed by atoms with van der Waals surface area (Å²) in [5.74, 6) is 0. The quantitative estimate of drug-likeness (QED) is 0.629. The molecule has 1 aromatic rings. The lowest BCUT2D eigenvalue weighted by molar-refractivity contribution is 1.15. The number of benzene rings is 1. The summed E-state index contributed by atoms with van der Waals surface area (Å²) in [7, 11) is -1.32. The summed E-state index contributed by atoms with van der Waals surface area (Å²) in [4.78, 5) is 0. The second kappa shape index (κ2) is 2.65. The Morgan fingerprint density at radius 3 is 2.60 bits per heavy atom. The van der Waals surface area contributed by atoms with Crippen LogP contribution in [0.15, 0.2) is 17.7 Å². The number of rotatable bonds is 1. The van der Waals surface area contributed by atoms with Gasteiger partial charge in [-0.25, -0.2) is 0 Å². The van der Waals surface area contributed by atoms with Gasteiger partial charge in [-0.15, -0.1) is 0 Å². The van der Waals surface area contributed by atoms with Crippen LogP contribution in [0.2, 0.25) is 13.1 Å². The SMILES string of the molecule is CCc1c2ccc3c1C(=C(C)[CH]3)[Si]2(C)C. The molecule has 2 aliphatic rings. The van der Waals surface area contributed by atoms with Gasteiger partial charge in [0, 0.05) is 6.42 Å². The minimum absolute atomic E-state index is 1.19. The predicted molar refractivity (Wildman–Crippen MR) is 68.9 cm³/mol. The Kier molecular flexibility index (Phi) is 1.66. The molecule has 77 valence electrons. The Labute approximate surface area is 93.0 Å². The van der Waals surface area contributed by atoms with Gasteiger partial charge in [-0.1, -0.05) is 42.9 Å². The van der Waals surface area contributed by atoms with Crippen molar-refractivity contribution in [3.8, 4) is 0 Å². The van der Waals surface area contributed by atoms with Crippen molar-refractivity contribution in [1.82, 2.24) is 0 Å². The fourth-order valence-corrected chi connectivity index (χ4v) is 7.28. The molecule has 1 heterocycles. The summed E-state index contributed by atoms with van der Waals surface area (Å²) < 4.78 is 0. The van der Waals surface area contributed by atoms with E-state index in [0.29, 0.717) is 0 Å². The molecular formula is C14H17Si. The molecule has 1 heteroatoms. The molecule has 1 aromatic carbocycles. The first-order valence-electron chi connectivity index (χ1n) is 5.80. The first-order chi connectivity index (χ1) is 7.07. The van der Waals surface area contributed by atoms with Gasteiger partial charge in [0.15, 0.2) is 0 Å². The van der Waals surface area contributed by atoms with Crippen LogP contribution in [0.4, 0.5) is 0 Å². The molecule has 0 aromatic heterocycles. The van der Waals surface area contributed by atoms with E-state index < -0.39 is 8.07 Å². The zero-order chi connectivity index (χ0) is 10.8. The minimum atomic E-state index is -1.32. The van der Waals surface area contributed by atoms with Crippen molar-refractivity contribution in [3.05, 3.63) is 40.8 Å². The van der Waals surface area contributed by atoms with Crippen molar-refractivity contribution < 1.29 is 0 Å². The lowest BCUT2D eigenvalue weighted by atomic mass is 10.0. The third-order valence-corrected chi connectivity index (χ3v) is 7.72. The molecule has 2 bridgehead atoms. The van der Waals surface area contributed by atoms with E-state index in [1.54, 1.807) is 21.5 Å². The fraction of sp³-hybridized carbons (Fsp3) is 0.357. The molecule has 0 saturated heterocycles. The highest BCUT2D eigenvalue weighted by Gasteiger charge is 2.43. The summed E-state index contributed by atoms with van der Waals surface area (Å²) in [5.41, 5.74) is 6.26. The highest BCUT2D eigenvalue weighted by molar-refractivity contribution is 7.06. The molecule has 3 rings (SSSR count). The van der Waals surface area contributed by atoms with Gasteiger partial charge in [0.05, 0.1) is 0 Å². The molecule has 0 saturated carbocycles. The molecule has 0 nitrogen and oxygen atoms in total. The van der Waals surface area contributed by atoms with Gasteiger partial charge in [0.1, 0.15) is 8.07 Å². The van der Waals surface area contributed by atoms with Crippen molar-refractivity contribution in [2.75, 3.05) is 0 Å². The third kappa shape index (κ3) is 0.925.